The Morgan fingerprint density at radius 1 is 1.11 bits per heavy atom. The molecule has 0 atom stereocenters. The summed E-state index contributed by atoms with van der Waals surface area (Å²) in [5, 5.41) is 1.34. The lowest BCUT2D eigenvalue weighted by atomic mass is 10.1. The van der Waals surface area contributed by atoms with Crippen LogP contribution in [0.1, 0.15) is 36.8 Å². The van der Waals surface area contributed by atoms with Gasteiger partial charge in [-0.2, -0.15) is 0 Å². The molecule has 0 saturated carbocycles. The highest BCUT2D eigenvalue weighted by Gasteiger charge is 2.12. The van der Waals surface area contributed by atoms with Crippen LogP contribution in [0.5, 0.6) is 0 Å². The van der Waals surface area contributed by atoms with Gasteiger partial charge in [0.2, 0.25) is 0 Å². The number of hydrogen-bond donors (Lipinski definition) is 2. The molecule has 0 bridgehead atoms. The number of hydrogen-bond acceptors (Lipinski definition) is 2. The highest BCUT2D eigenvalue weighted by atomic mass is 15.1. The van der Waals surface area contributed by atoms with Crippen molar-refractivity contribution in [1.29, 1.82) is 0 Å². The molecule has 2 aromatic rings. The first-order valence-corrected chi connectivity index (χ1v) is 7.38. The van der Waals surface area contributed by atoms with Crippen molar-refractivity contribution in [3.05, 3.63) is 35.5 Å². The number of H-pyrrole nitrogens is 1. The Morgan fingerprint density at radius 2 is 1.89 bits per heavy atom. The molecule has 102 valence electrons. The SMILES string of the molecule is NCc1ccc2[nH]cc(CN3CCCCCC3)c2c1. The van der Waals surface area contributed by atoms with Crippen molar-refractivity contribution in [3.63, 3.8) is 0 Å². The Bertz CT molecular complexity index is 536. The van der Waals surface area contributed by atoms with Gasteiger partial charge in [-0.25, -0.2) is 0 Å². The van der Waals surface area contributed by atoms with Gasteiger partial charge in [0, 0.05) is 30.2 Å². The average Bonchev–Trinajstić information content (AvgIpc) is 2.66. The van der Waals surface area contributed by atoms with Crippen LogP contribution in [0.25, 0.3) is 10.9 Å². The standard InChI is InChI=1S/C16H23N3/c17-10-13-5-6-16-15(9-13)14(11-18-16)12-19-7-3-1-2-4-8-19/h5-6,9,11,18H,1-4,7-8,10,12,17H2. The fourth-order valence-corrected chi connectivity index (χ4v) is 3.02. The van der Waals surface area contributed by atoms with Gasteiger partial charge in [-0.1, -0.05) is 18.9 Å². The summed E-state index contributed by atoms with van der Waals surface area (Å²) in [6.45, 7) is 4.16. The third kappa shape index (κ3) is 2.82. The Balaban J connectivity index is 1.83. The summed E-state index contributed by atoms with van der Waals surface area (Å²) in [7, 11) is 0. The highest BCUT2D eigenvalue weighted by Crippen LogP contribution is 2.22. The average molecular weight is 257 g/mol. The third-order valence-corrected chi connectivity index (χ3v) is 4.16. The van der Waals surface area contributed by atoms with Gasteiger partial charge in [0.1, 0.15) is 0 Å². The van der Waals surface area contributed by atoms with Gasteiger partial charge in [-0.3, -0.25) is 4.90 Å². The Labute approximate surface area is 114 Å². The van der Waals surface area contributed by atoms with Gasteiger partial charge < -0.3 is 10.7 Å². The number of nitrogens with one attached hydrogen (secondary N) is 1. The number of aromatic amines is 1. The molecule has 0 spiro atoms. The molecule has 1 fully saturated rings. The lowest BCUT2D eigenvalue weighted by Crippen LogP contribution is -2.23. The lowest BCUT2D eigenvalue weighted by Gasteiger charge is -2.19. The maximum absolute atomic E-state index is 5.74. The van der Waals surface area contributed by atoms with Crippen LogP contribution in [0, 0.1) is 0 Å². The minimum atomic E-state index is 0.615. The summed E-state index contributed by atoms with van der Waals surface area (Å²) in [5.41, 5.74) is 9.59. The van der Waals surface area contributed by atoms with E-state index in [1.54, 1.807) is 0 Å². The molecule has 19 heavy (non-hydrogen) atoms. The van der Waals surface area contributed by atoms with Crippen LogP contribution < -0.4 is 5.73 Å². The molecular weight excluding hydrogens is 234 g/mol. The number of rotatable bonds is 3. The molecule has 0 aliphatic carbocycles. The van der Waals surface area contributed by atoms with Crippen LogP contribution in [0.3, 0.4) is 0 Å². The van der Waals surface area contributed by atoms with Crippen molar-refractivity contribution in [2.75, 3.05) is 13.1 Å². The number of nitrogens with two attached hydrogens (primary N) is 1. The van der Waals surface area contributed by atoms with Crippen LogP contribution >= 0.6 is 0 Å². The van der Waals surface area contributed by atoms with Crippen LogP contribution in [-0.4, -0.2) is 23.0 Å². The predicted molar refractivity (Wildman–Crippen MR) is 79.9 cm³/mol. The lowest BCUT2D eigenvalue weighted by molar-refractivity contribution is 0.278. The smallest absolute Gasteiger partial charge is 0.0457 e. The fourth-order valence-electron chi connectivity index (χ4n) is 3.02. The van der Waals surface area contributed by atoms with E-state index in [9.17, 15) is 0 Å². The maximum Gasteiger partial charge on any atom is 0.0457 e. The largest absolute Gasteiger partial charge is 0.361 e. The highest BCUT2D eigenvalue weighted by molar-refractivity contribution is 5.83. The molecule has 0 unspecified atom stereocenters. The fraction of sp³-hybridized carbons (Fsp3) is 0.500. The molecular formula is C16H23N3. The number of benzene rings is 1. The van der Waals surface area contributed by atoms with Crippen LogP contribution in [-0.2, 0) is 13.1 Å². The van der Waals surface area contributed by atoms with Gasteiger partial charge in [0.05, 0.1) is 0 Å². The number of likely N-dealkylation sites (tertiary alicyclic amines) is 1. The molecule has 2 heterocycles. The van der Waals surface area contributed by atoms with E-state index >= 15 is 0 Å². The maximum atomic E-state index is 5.74. The molecule has 1 aliphatic heterocycles. The van der Waals surface area contributed by atoms with Gasteiger partial charge in [-0.15, -0.1) is 0 Å². The zero-order valence-corrected chi connectivity index (χ0v) is 11.5. The van der Waals surface area contributed by atoms with Gasteiger partial charge >= 0.3 is 0 Å². The summed E-state index contributed by atoms with van der Waals surface area (Å²) >= 11 is 0. The third-order valence-electron chi connectivity index (χ3n) is 4.16. The molecule has 3 heteroatoms. The topological polar surface area (TPSA) is 45.1 Å². The quantitative estimate of drug-likeness (QED) is 0.888. The predicted octanol–water partition coefficient (Wildman–Crippen LogP) is 3.00. The Hall–Kier alpha value is -1.32. The second kappa shape index (κ2) is 5.76. The molecule has 1 aliphatic rings. The zero-order valence-electron chi connectivity index (χ0n) is 11.5. The van der Waals surface area contributed by atoms with Crippen molar-refractivity contribution >= 4 is 10.9 Å². The normalized spacial score (nSPS) is 17.7. The Kier molecular flexibility index (Phi) is 3.85. The first kappa shape index (κ1) is 12.7. The minimum absolute atomic E-state index is 0.615. The summed E-state index contributed by atoms with van der Waals surface area (Å²) < 4.78 is 0. The summed E-state index contributed by atoms with van der Waals surface area (Å²) in [6.07, 6.45) is 7.63. The van der Waals surface area contributed by atoms with E-state index in [-0.39, 0.29) is 0 Å². The minimum Gasteiger partial charge on any atom is -0.361 e. The monoisotopic (exact) mass is 257 g/mol. The number of nitrogens with zero attached hydrogens (tertiary/aromatic N) is 1. The number of fused-ring (bicyclic) bond motifs is 1. The van der Waals surface area contributed by atoms with Crippen molar-refractivity contribution in [3.8, 4) is 0 Å². The number of aromatic nitrogens is 1. The summed E-state index contributed by atoms with van der Waals surface area (Å²) in [6, 6.07) is 6.48. The molecule has 0 amide bonds. The second-order valence-corrected chi connectivity index (χ2v) is 5.59. The summed E-state index contributed by atoms with van der Waals surface area (Å²) in [5.74, 6) is 0. The van der Waals surface area contributed by atoms with E-state index in [4.69, 9.17) is 5.73 Å². The molecule has 1 aromatic heterocycles. The second-order valence-electron chi connectivity index (χ2n) is 5.59. The van der Waals surface area contributed by atoms with Crippen LogP contribution in [0.2, 0.25) is 0 Å². The van der Waals surface area contributed by atoms with E-state index in [0.29, 0.717) is 6.54 Å². The first-order chi connectivity index (χ1) is 9.36. The van der Waals surface area contributed by atoms with Crippen molar-refractivity contribution in [1.82, 2.24) is 9.88 Å². The zero-order chi connectivity index (χ0) is 13.1. The molecule has 1 saturated heterocycles. The molecule has 3 N–H and O–H groups in total. The van der Waals surface area contributed by atoms with Gasteiger partial charge in [-0.05, 0) is 49.2 Å². The van der Waals surface area contributed by atoms with Gasteiger partial charge in [0.15, 0.2) is 0 Å². The molecule has 3 rings (SSSR count). The van der Waals surface area contributed by atoms with Crippen LogP contribution in [0.15, 0.2) is 24.4 Å². The molecule has 3 nitrogen and oxygen atoms in total. The molecule has 0 radical (unpaired) electrons. The van der Waals surface area contributed by atoms with Crippen molar-refractivity contribution in [2.45, 2.75) is 38.8 Å². The van der Waals surface area contributed by atoms with E-state index < -0.39 is 0 Å². The van der Waals surface area contributed by atoms with E-state index in [0.717, 1.165) is 6.54 Å². The van der Waals surface area contributed by atoms with Crippen LogP contribution in [0.4, 0.5) is 0 Å². The van der Waals surface area contributed by atoms with Crippen molar-refractivity contribution in [2.24, 2.45) is 5.73 Å². The van der Waals surface area contributed by atoms with E-state index in [2.05, 4.69) is 34.3 Å². The molecule has 1 aromatic carbocycles. The van der Waals surface area contributed by atoms with E-state index in [1.165, 1.54) is 60.8 Å². The Morgan fingerprint density at radius 3 is 2.63 bits per heavy atom. The van der Waals surface area contributed by atoms with Crippen molar-refractivity contribution < 1.29 is 0 Å². The first-order valence-electron chi connectivity index (χ1n) is 7.38. The van der Waals surface area contributed by atoms with E-state index in [1.807, 2.05) is 0 Å². The van der Waals surface area contributed by atoms with Gasteiger partial charge in [0.25, 0.3) is 0 Å². The summed E-state index contributed by atoms with van der Waals surface area (Å²) in [4.78, 5) is 5.97.